The van der Waals surface area contributed by atoms with Crippen LogP contribution < -0.4 is 4.74 Å². The number of fused-ring (bicyclic) bond motifs is 1. The lowest BCUT2D eigenvalue weighted by molar-refractivity contribution is 0.0687. The lowest BCUT2D eigenvalue weighted by Crippen LogP contribution is -2.26. The topological polar surface area (TPSA) is 59.4 Å². The molecule has 0 radical (unpaired) electrons. The van der Waals surface area contributed by atoms with Gasteiger partial charge in [-0.05, 0) is 26.0 Å². The van der Waals surface area contributed by atoms with Gasteiger partial charge in [0.15, 0.2) is 5.60 Å². The van der Waals surface area contributed by atoms with E-state index in [1.807, 2.05) is 6.07 Å². The Kier molecular flexibility index (Phi) is 3.14. The van der Waals surface area contributed by atoms with Crippen LogP contribution in [0.1, 0.15) is 24.2 Å². The van der Waals surface area contributed by atoms with Crippen LogP contribution in [0, 0.1) is 12.3 Å². The maximum absolute atomic E-state index is 11.3. The number of terminal acetylenes is 1. The van der Waals surface area contributed by atoms with Crippen molar-refractivity contribution in [1.29, 1.82) is 0 Å². The molecule has 0 saturated carbocycles. The molecule has 0 saturated heterocycles. The van der Waals surface area contributed by atoms with Crippen molar-refractivity contribution in [2.45, 2.75) is 19.4 Å². The van der Waals surface area contributed by atoms with Crippen molar-refractivity contribution in [2.24, 2.45) is 0 Å². The Morgan fingerprint density at radius 1 is 1.42 bits per heavy atom. The summed E-state index contributed by atoms with van der Waals surface area (Å²) in [6, 6.07) is 7.17. The maximum Gasteiger partial charge on any atom is 0.341 e. The smallest absolute Gasteiger partial charge is 0.341 e. The minimum atomic E-state index is -1.10. The fraction of sp³-hybridized carbons (Fsp3) is 0.200. The third-order valence-electron chi connectivity index (χ3n) is 2.66. The Morgan fingerprint density at radius 2 is 2.11 bits per heavy atom. The first-order chi connectivity index (χ1) is 8.94. The monoisotopic (exact) mass is 255 g/mol. The predicted molar refractivity (Wildman–Crippen MR) is 72.2 cm³/mol. The molecular weight excluding hydrogens is 242 g/mol. The molecule has 96 valence electrons. The predicted octanol–water partition coefficient (Wildman–Crippen LogP) is 2.72. The van der Waals surface area contributed by atoms with Crippen LogP contribution in [0.25, 0.3) is 10.9 Å². The number of rotatable bonds is 3. The van der Waals surface area contributed by atoms with Gasteiger partial charge < -0.3 is 9.84 Å². The molecule has 0 aliphatic carbocycles. The number of nitrogens with zero attached hydrogens (tertiary/aromatic N) is 1. The number of aromatic carboxylic acids is 1. The molecule has 2 aromatic rings. The second kappa shape index (κ2) is 4.62. The molecule has 2 rings (SSSR count). The van der Waals surface area contributed by atoms with Crippen LogP contribution in [-0.4, -0.2) is 21.7 Å². The minimum absolute atomic E-state index is 0.00188. The summed E-state index contributed by atoms with van der Waals surface area (Å²) in [5.74, 6) is 1.64. The first-order valence-electron chi connectivity index (χ1n) is 5.72. The molecule has 4 heteroatoms. The molecule has 0 amide bonds. The maximum atomic E-state index is 11.3. The summed E-state index contributed by atoms with van der Waals surface area (Å²) >= 11 is 0. The van der Waals surface area contributed by atoms with Crippen LogP contribution in [0.4, 0.5) is 0 Å². The number of hydrogen-bond acceptors (Lipinski definition) is 3. The number of pyridine rings is 1. The van der Waals surface area contributed by atoms with E-state index in [9.17, 15) is 9.90 Å². The number of ether oxygens (including phenoxy) is 1. The van der Waals surface area contributed by atoms with Gasteiger partial charge >= 0.3 is 5.97 Å². The molecule has 1 aromatic heterocycles. The van der Waals surface area contributed by atoms with Crippen LogP contribution in [0.3, 0.4) is 0 Å². The van der Waals surface area contributed by atoms with Gasteiger partial charge in [0.2, 0.25) is 0 Å². The highest BCUT2D eigenvalue weighted by atomic mass is 16.5. The molecule has 4 nitrogen and oxygen atoms in total. The Balaban J connectivity index is 2.70. The van der Waals surface area contributed by atoms with Crippen LogP contribution in [0.5, 0.6) is 5.75 Å². The summed E-state index contributed by atoms with van der Waals surface area (Å²) in [4.78, 5) is 15.4. The van der Waals surface area contributed by atoms with E-state index in [1.165, 1.54) is 6.20 Å². The average molecular weight is 255 g/mol. The molecule has 1 aromatic carbocycles. The fourth-order valence-corrected chi connectivity index (χ4v) is 1.66. The number of para-hydroxylation sites is 1. The van der Waals surface area contributed by atoms with Crippen molar-refractivity contribution in [3.05, 3.63) is 36.0 Å². The Bertz CT molecular complexity index is 683. The second-order valence-electron chi connectivity index (χ2n) is 4.58. The molecule has 0 spiro atoms. The van der Waals surface area contributed by atoms with Crippen molar-refractivity contribution < 1.29 is 14.6 Å². The van der Waals surface area contributed by atoms with E-state index in [4.69, 9.17) is 11.2 Å². The van der Waals surface area contributed by atoms with Crippen LogP contribution in [0.15, 0.2) is 30.5 Å². The normalized spacial score (nSPS) is 11.0. The summed E-state index contributed by atoms with van der Waals surface area (Å²) in [6.07, 6.45) is 6.67. The number of carboxylic acid groups (broad SMARTS) is 1. The summed E-state index contributed by atoms with van der Waals surface area (Å²) in [5, 5.41) is 9.85. The van der Waals surface area contributed by atoms with E-state index in [-0.39, 0.29) is 11.3 Å². The third-order valence-corrected chi connectivity index (χ3v) is 2.66. The highest BCUT2D eigenvalue weighted by Crippen LogP contribution is 2.31. The Labute approximate surface area is 111 Å². The van der Waals surface area contributed by atoms with E-state index in [1.54, 1.807) is 32.0 Å². The van der Waals surface area contributed by atoms with E-state index >= 15 is 0 Å². The molecule has 19 heavy (non-hydrogen) atoms. The van der Waals surface area contributed by atoms with Gasteiger partial charge in [-0.25, -0.2) is 4.79 Å². The van der Waals surface area contributed by atoms with Gasteiger partial charge in [0, 0.05) is 11.6 Å². The number of hydrogen-bond donors (Lipinski definition) is 1. The molecule has 0 aliphatic heterocycles. The third kappa shape index (κ3) is 2.50. The van der Waals surface area contributed by atoms with Gasteiger partial charge in [-0.3, -0.25) is 4.98 Å². The number of carboxylic acids is 1. The number of carbonyl (C=O) groups is 1. The van der Waals surface area contributed by atoms with Gasteiger partial charge in [-0.15, -0.1) is 6.42 Å². The number of aromatic nitrogens is 1. The van der Waals surface area contributed by atoms with E-state index < -0.39 is 11.6 Å². The van der Waals surface area contributed by atoms with Crippen molar-refractivity contribution in [3.8, 4) is 18.1 Å². The highest BCUT2D eigenvalue weighted by Gasteiger charge is 2.23. The fourth-order valence-electron chi connectivity index (χ4n) is 1.66. The summed E-state index contributed by atoms with van der Waals surface area (Å²) in [5.41, 5.74) is -0.230. The molecule has 0 atom stereocenters. The lowest BCUT2D eigenvalue weighted by atomic mass is 10.1. The molecule has 0 fully saturated rings. The van der Waals surface area contributed by atoms with Gasteiger partial charge in [0.25, 0.3) is 0 Å². The summed E-state index contributed by atoms with van der Waals surface area (Å²) < 4.78 is 5.70. The molecule has 0 bridgehead atoms. The summed E-state index contributed by atoms with van der Waals surface area (Å²) in [7, 11) is 0. The van der Waals surface area contributed by atoms with Crippen molar-refractivity contribution >= 4 is 16.9 Å². The van der Waals surface area contributed by atoms with E-state index in [2.05, 4.69) is 10.9 Å². The SMILES string of the molecule is C#CC(C)(C)Oc1c(C(=O)O)cnc2ccccc12. The second-order valence-corrected chi connectivity index (χ2v) is 4.58. The van der Waals surface area contributed by atoms with Gasteiger partial charge in [-0.1, -0.05) is 18.1 Å². The van der Waals surface area contributed by atoms with Crippen LogP contribution in [-0.2, 0) is 0 Å². The van der Waals surface area contributed by atoms with Crippen LogP contribution >= 0.6 is 0 Å². The average Bonchev–Trinajstić information content (AvgIpc) is 2.38. The standard InChI is InChI=1S/C15H13NO3/c1-4-15(2,3)19-13-10-7-5-6-8-12(10)16-9-11(13)14(17)18/h1,5-9H,2-3H3,(H,17,18). The molecule has 1 N–H and O–H groups in total. The molecular formula is C15H13NO3. The van der Waals surface area contributed by atoms with E-state index in [0.29, 0.717) is 10.9 Å². The van der Waals surface area contributed by atoms with Crippen molar-refractivity contribution in [2.75, 3.05) is 0 Å². The molecule has 0 aliphatic rings. The van der Waals surface area contributed by atoms with Gasteiger partial charge in [-0.2, -0.15) is 0 Å². The zero-order chi connectivity index (χ0) is 14.0. The van der Waals surface area contributed by atoms with Gasteiger partial charge in [0.05, 0.1) is 5.52 Å². The zero-order valence-corrected chi connectivity index (χ0v) is 10.7. The van der Waals surface area contributed by atoms with E-state index in [0.717, 1.165) is 0 Å². The summed E-state index contributed by atoms with van der Waals surface area (Å²) in [6.45, 7) is 3.40. The van der Waals surface area contributed by atoms with Crippen LogP contribution in [0.2, 0.25) is 0 Å². The first-order valence-corrected chi connectivity index (χ1v) is 5.72. The Morgan fingerprint density at radius 3 is 2.74 bits per heavy atom. The highest BCUT2D eigenvalue weighted by molar-refractivity contribution is 5.98. The van der Waals surface area contributed by atoms with Crippen molar-refractivity contribution in [3.63, 3.8) is 0 Å². The molecule has 0 unspecified atom stereocenters. The number of benzene rings is 1. The largest absolute Gasteiger partial charge is 0.477 e. The minimum Gasteiger partial charge on any atom is -0.477 e. The lowest BCUT2D eigenvalue weighted by Gasteiger charge is -2.22. The van der Waals surface area contributed by atoms with Crippen molar-refractivity contribution in [1.82, 2.24) is 4.98 Å². The Hall–Kier alpha value is -2.54. The van der Waals surface area contributed by atoms with Gasteiger partial charge in [0.1, 0.15) is 11.3 Å². The quantitative estimate of drug-likeness (QED) is 0.857. The molecule has 1 heterocycles. The first kappa shape index (κ1) is 12.9. The zero-order valence-electron chi connectivity index (χ0n) is 10.7.